The molecule has 3 aromatic rings. The van der Waals surface area contributed by atoms with Crippen LogP contribution in [0, 0.1) is 0 Å². The van der Waals surface area contributed by atoms with Crippen LogP contribution in [-0.4, -0.2) is 36.5 Å². The number of amides is 1. The molecule has 0 radical (unpaired) electrons. The number of hydrogen-bond donors (Lipinski definition) is 1. The lowest BCUT2D eigenvalue weighted by atomic mass is 10.1. The van der Waals surface area contributed by atoms with Crippen molar-refractivity contribution in [3.05, 3.63) is 72.9 Å². The lowest BCUT2D eigenvalue weighted by molar-refractivity contribution is 0.0958. The van der Waals surface area contributed by atoms with Crippen LogP contribution >= 0.6 is 0 Å². The van der Waals surface area contributed by atoms with E-state index in [2.05, 4.69) is 17.0 Å². The van der Waals surface area contributed by atoms with E-state index < -0.39 is 0 Å². The minimum atomic E-state index is -0.239. The first-order valence-corrected chi connectivity index (χ1v) is 8.44. The van der Waals surface area contributed by atoms with Crippen LogP contribution < -0.4 is 14.8 Å². The third-order valence-corrected chi connectivity index (χ3v) is 4.05. The number of para-hydroxylation sites is 1. The van der Waals surface area contributed by atoms with Crippen LogP contribution in [0.4, 0.5) is 0 Å². The van der Waals surface area contributed by atoms with Gasteiger partial charge in [0.2, 0.25) is 0 Å². The van der Waals surface area contributed by atoms with Gasteiger partial charge in [-0.2, -0.15) is 5.10 Å². The Morgan fingerprint density at radius 3 is 2.63 bits per heavy atom. The fourth-order valence-electron chi connectivity index (χ4n) is 2.71. The Kier molecular flexibility index (Phi) is 5.56. The van der Waals surface area contributed by atoms with Crippen LogP contribution in [0.5, 0.6) is 11.5 Å². The minimum absolute atomic E-state index is 0.239. The summed E-state index contributed by atoms with van der Waals surface area (Å²) in [5.41, 5.74) is 2.47. The zero-order valence-corrected chi connectivity index (χ0v) is 15.3. The van der Waals surface area contributed by atoms with Gasteiger partial charge in [0.05, 0.1) is 25.5 Å². The number of benzene rings is 2. The van der Waals surface area contributed by atoms with E-state index in [0.717, 1.165) is 5.69 Å². The highest BCUT2D eigenvalue weighted by molar-refractivity contribution is 6.00. The molecule has 6 heteroatoms. The van der Waals surface area contributed by atoms with Gasteiger partial charge in [-0.05, 0) is 30.3 Å². The Labute approximate surface area is 158 Å². The molecule has 1 aromatic heterocycles. The van der Waals surface area contributed by atoms with Crippen LogP contribution in [-0.2, 0) is 0 Å². The highest BCUT2D eigenvalue weighted by Gasteiger charge is 2.21. The first-order chi connectivity index (χ1) is 13.2. The first kappa shape index (κ1) is 18.3. The van der Waals surface area contributed by atoms with Crippen molar-refractivity contribution < 1.29 is 14.3 Å². The van der Waals surface area contributed by atoms with Crippen molar-refractivity contribution in [1.82, 2.24) is 15.1 Å². The van der Waals surface area contributed by atoms with Crippen molar-refractivity contribution in [2.45, 2.75) is 0 Å². The summed E-state index contributed by atoms with van der Waals surface area (Å²) in [7, 11) is 3.17. The molecule has 1 N–H and O–H groups in total. The fraction of sp³-hybridized carbons (Fsp3) is 0.143. The second kappa shape index (κ2) is 8.23. The van der Waals surface area contributed by atoms with Gasteiger partial charge < -0.3 is 14.8 Å². The molecule has 2 aromatic carbocycles. The fourth-order valence-corrected chi connectivity index (χ4v) is 2.71. The Bertz CT molecular complexity index is 949. The van der Waals surface area contributed by atoms with E-state index in [1.807, 2.05) is 30.3 Å². The van der Waals surface area contributed by atoms with E-state index in [1.165, 1.54) is 0 Å². The summed E-state index contributed by atoms with van der Waals surface area (Å²) < 4.78 is 12.5. The van der Waals surface area contributed by atoms with Gasteiger partial charge in [-0.3, -0.25) is 4.79 Å². The quantitative estimate of drug-likeness (QED) is 0.653. The largest absolute Gasteiger partial charge is 0.497 e. The molecule has 27 heavy (non-hydrogen) atoms. The molecule has 1 amide bonds. The van der Waals surface area contributed by atoms with E-state index in [-0.39, 0.29) is 5.91 Å². The number of carbonyl (C=O) groups excluding carboxylic acids is 1. The topological polar surface area (TPSA) is 65.4 Å². The Morgan fingerprint density at radius 2 is 1.96 bits per heavy atom. The molecule has 0 saturated heterocycles. The van der Waals surface area contributed by atoms with E-state index in [1.54, 1.807) is 49.4 Å². The summed E-state index contributed by atoms with van der Waals surface area (Å²) in [5, 5.41) is 7.47. The van der Waals surface area contributed by atoms with E-state index >= 15 is 0 Å². The van der Waals surface area contributed by atoms with Crippen LogP contribution in [0.15, 0.2) is 67.4 Å². The number of ether oxygens (including phenoxy) is 2. The smallest absolute Gasteiger partial charge is 0.255 e. The molecule has 0 aliphatic carbocycles. The predicted octanol–water partition coefficient (Wildman–Crippen LogP) is 3.47. The van der Waals surface area contributed by atoms with Gasteiger partial charge in [0, 0.05) is 18.3 Å². The third-order valence-electron chi connectivity index (χ3n) is 4.05. The number of methoxy groups -OCH3 is 2. The number of rotatable bonds is 7. The van der Waals surface area contributed by atoms with Crippen molar-refractivity contribution >= 4 is 5.91 Å². The number of nitrogens with one attached hydrogen (secondary N) is 1. The maximum absolute atomic E-state index is 12.7. The molecule has 0 aliphatic heterocycles. The lowest BCUT2D eigenvalue weighted by Gasteiger charge is -2.10. The maximum atomic E-state index is 12.7. The summed E-state index contributed by atoms with van der Waals surface area (Å²) in [6, 6.07) is 15.0. The number of carbonyl (C=O) groups is 1. The average Bonchev–Trinajstić information content (AvgIpc) is 3.17. The second-order valence-corrected chi connectivity index (χ2v) is 5.74. The highest BCUT2D eigenvalue weighted by atomic mass is 16.5. The van der Waals surface area contributed by atoms with Gasteiger partial charge in [-0.25, -0.2) is 4.68 Å². The van der Waals surface area contributed by atoms with Gasteiger partial charge in [-0.15, -0.1) is 6.58 Å². The highest BCUT2D eigenvalue weighted by Crippen LogP contribution is 2.35. The summed E-state index contributed by atoms with van der Waals surface area (Å²) in [5.74, 6) is 1.02. The molecule has 138 valence electrons. The maximum Gasteiger partial charge on any atom is 0.255 e. The van der Waals surface area contributed by atoms with E-state index in [4.69, 9.17) is 9.47 Å². The van der Waals surface area contributed by atoms with Crippen LogP contribution in [0.3, 0.4) is 0 Å². The van der Waals surface area contributed by atoms with Gasteiger partial charge in [-0.1, -0.05) is 24.3 Å². The molecule has 1 heterocycles. The first-order valence-electron chi connectivity index (χ1n) is 8.44. The number of nitrogens with zero attached hydrogens (tertiary/aromatic N) is 2. The van der Waals surface area contributed by atoms with Gasteiger partial charge in [0.15, 0.2) is 0 Å². The molecule has 0 fully saturated rings. The van der Waals surface area contributed by atoms with Gasteiger partial charge in [0.25, 0.3) is 5.91 Å². The number of hydrogen-bond acceptors (Lipinski definition) is 4. The third kappa shape index (κ3) is 3.84. The Hall–Kier alpha value is -3.54. The SMILES string of the molecule is C=CCNC(=O)c1cn(-c2ccccc2)nc1-c1cc(OC)ccc1OC. The Morgan fingerprint density at radius 1 is 1.19 bits per heavy atom. The molecular weight excluding hydrogens is 342 g/mol. The molecule has 0 aliphatic rings. The van der Waals surface area contributed by atoms with E-state index in [0.29, 0.717) is 34.9 Å². The van der Waals surface area contributed by atoms with E-state index in [9.17, 15) is 4.79 Å². The zero-order valence-electron chi connectivity index (χ0n) is 15.3. The van der Waals surface area contributed by atoms with Crippen LogP contribution in [0.25, 0.3) is 16.9 Å². The van der Waals surface area contributed by atoms with Crippen molar-refractivity contribution in [2.75, 3.05) is 20.8 Å². The number of aromatic nitrogens is 2. The normalized spacial score (nSPS) is 10.3. The predicted molar refractivity (Wildman–Crippen MR) is 105 cm³/mol. The van der Waals surface area contributed by atoms with Crippen molar-refractivity contribution in [1.29, 1.82) is 0 Å². The molecule has 3 rings (SSSR count). The zero-order chi connectivity index (χ0) is 19.2. The average molecular weight is 363 g/mol. The molecule has 0 bridgehead atoms. The van der Waals surface area contributed by atoms with Gasteiger partial charge in [0.1, 0.15) is 17.2 Å². The molecule has 0 saturated carbocycles. The monoisotopic (exact) mass is 363 g/mol. The summed E-state index contributed by atoms with van der Waals surface area (Å²) in [4.78, 5) is 12.7. The molecule has 0 spiro atoms. The molecule has 6 nitrogen and oxygen atoms in total. The van der Waals surface area contributed by atoms with Crippen molar-refractivity contribution in [3.63, 3.8) is 0 Å². The lowest BCUT2D eigenvalue weighted by Crippen LogP contribution is -2.23. The summed E-state index contributed by atoms with van der Waals surface area (Å²) >= 11 is 0. The van der Waals surface area contributed by atoms with Gasteiger partial charge >= 0.3 is 0 Å². The van der Waals surface area contributed by atoms with Crippen LogP contribution in [0.1, 0.15) is 10.4 Å². The van der Waals surface area contributed by atoms with Crippen molar-refractivity contribution in [2.24, 2.45) is 0 Å². The summed E-state index contributed by atoms with van der Waals surface area (Å²) in [6.45, 7) is 4.00. The minimum Gasteiger partial charge on any atom is -0.497 e. The summed E-state index contributed by atoms with van der Waals surface area (Å²) in [6.07, 6.45) is 3.34. The second-order valence-electron chi connectivity index (χ2n) is 5.74. The van der Waals surface area contributed by atoms with Crippen molar-refractivity contribution in [3.8, 4) is 28.4 Å². The van der Waals surface area contributed by atoms with Crippen LogP contribution in [0.2, 0.25) is 0 Å². The molecular formula is C21H21N3O3. The molecule has 0 unspecified atom stereocenters. The Balaban J connectivity index is 2.17. The molecule has 0 atom stereocenters. The standard InChI is InChI=1S/C21H21N3O3/c1-4-12-22-21(25)18-14-24(15-8-6-5-7-9-15)23-20(18)17-13-16(26-2)10-11-19(17)27-3/h4-11,13-14H,1,12H2,2-3H3,(H,22,25).